The van der Waals surface area contributed by atoms with Crippen LogP contribution in [-0.4, -0.2) is 28.6 Å². The van der Waals surface area contributed by atoms with Crippen molar-refractivity contribution in [2.75, 3.05) is 11.9 Å². The van der Waals surface area contributed by atoms with Crippen molar-refractivity contribution in [1.82, 2.24) is 4.98 Å². The fourth-order valence-electron chi connectivity index (χ4n) is 1.30. The molecule has 0 atom stereocenters. The summed E-state index contributed by atoms with van der Waals surface area (Å²) in [4.78, 5) is 29.9. The zero-order chi connectivity index (χ0) is 15.1. The molecule has 0 saturated carbocycles. The number of aromatic nitrogens is 1. The number of hydrogen-bond acceptors (Lipinski definition) is 7. The molecule has 1 aromatic carbocycles. The van der Waals surface area contributed by atoms with Gasteiger partial charge in [0.1, 0.15) is 6.20 Å². The molecular weight excluding hydrogens is 296 g/mol. The molecule has 1 N–H and O–H groups in total. The number of anilines is 1. The average molecular weight is 306 g/mol. The van der Waals surface area contributed by atoms with Crippen LogP contribution in [0.4, 0.5) is 10.1 Å². The molecule has 2 rings (SSSR count). The zero-order valence-electron chi connectivity index (χ0n) is 10.6. The first-order chi connectivity index (χ1) is 10.1. The van der Waals surface area contributed by atoms with Gasteiger partial charge in [-0.1, -0.05) is 35.5 Å². The highest BCUT2D eigenvalue weighted by Gasteiger charge is 2.13. The van der Waals surface area contributed by atoms with E-state index in [0.717, 1.165) is 23.1 Å². The van der Waals surface area contributed by atoms with Crippen LogP contribution in [0.1, 0.15) is 5.56 Å². The fraction of sp³-hybridized carbons (Fsp3) is 0.0833. The van der Waals surface area contributed by atoms with Gasteiger partial charge in [0.2, 0.25) is 0 Å². The molecule has 0 saturated heterocycles. The Balaban J connectivity index is 1.77. The van der Waals surface area contributed by atoms with Crippen molar-refractivity contribution in [3.05, 3.63) is 52.2 Å². The lowest BCUT2D eigenvalue weighted by Crippen LogP contribution is -2.16. The van der Waals surface area contributed by atoms with E-state index in [9.17, 15) is 14.9 Å². The van der Waals surface area contributed by atoms with Crippen molar-refractivity contribution < 1.29 is 14.6 Å². The van der Waals surface area contributed by atoms with E-state index in [4.69, 9.17) is 4.84 Å². The maximum atomic E-state index is 11.5. The van der Waals surface area contributed by atoms with Crippen LogP contribution >= 0.6 is 11.3 Å². The Kier molecular flexibility index (Phi) is 4.94. The second kappa shape index (κ2) is 7.10. The molecule has 0 aliphatic carbocycles. The molecule has 8 nitrogen and oxygen atoms in total. The van der Waals surface area contributed by atoms with Crippen LogP contribution in [0.25, 0.3) is 0 Å². The molecule has 21 heavy (non-hydrogen) atoms. The standard InChI is InChI=1S/C12H10N4O4S/c17-10(15-12-13-7-11(21-12)16(18)19)8-20-14-6-9-4-2-1-3-5-9/h1-7H,8H2,(H,13,15,17)/b14-6+. The Bertz CT molecular complexity index is 656. The highest BCUT2D eigenvalue weighted by molar-refractivity contribution is 7.18. The molecule has 0 fully saturated rings. The van der Waals surface area contributed by atoms with Crippen LogP contribution in [0.15, 0.2) is 41.7 Å². The second-order valence-corrected chi connectivity index (χ2v) is 4.74. The van der Waals surface area contributed by atoms with E-state index in [0.29, 0.717) is 0 Å². The van der Waals surface area contributed by atoms with Crippen LogP contribution in [-0.2, 0) is 9.63 Å². The Hall–Kier alpha value is -2.81. The smallest absolute Gasteiger partial charge is 0.345 e. The Morgan fingerprint density at radius 3 is 2.90 bits per heavy atom. The van der Waals surface area contributed by atoms with Gasteiger partial charge in [0.25, 0.3) is 5.91 Å². The molecule has 0 radical (unpaired) electrons. The van der Waals surface area contributed by atoms with Crippen molar-refractivity contribution in [2.24, 2.45) is 5.16 Å². The quantitative estimate of drug-likeness (QED) is 0.499. The number of thiazole rings is 1. The molecule has 0 aliphatic rings. The van der Waals surface area contributed by atoms with E-state index < -0.39 is 10.8 Å². The molecule has 0 bridgehead atoms. The molecule has 0 spiro atoms. The molecule has 0 aliphatic heterocycles. The number of oxime groups is 1. The average Bonchev–Trinajstić information content (AvgIpc) is 2.93. The van der Waals surface area contributed by atoms with Gasteiger partial charge in [-0.15, -0.1) is 0 Å². The zero-order valence-corrected chi connectivity index (χ0v) is 11.4. The molecule has 108 valence electrons. The Labute approximate surface area is 123 Å². The van der Waals surface area contributed by atoms with Gasteiger partial charge in [-0.05, 0) is 16.9 Å². The summed E-state index contributed by atoms with van der Waals surface area (Å²) in [7, 11) is 0. The van der Waals surface area contributed by atoms with Crippen LogP contribution in [0.2, 0.25) is 0 Å². The minimum absolute atomic E-state index is 0.141. The number of amides is 1. The highest BCUT2D eigenvalue weighted by atomic mass is 32.1. The summed E-state index contributed by atoms with van der Waals surface area (Å²) in [6.07, 6.45) is 2.55. The Morgan fingerprint density at radius 2 is 2.24 bits per heavy atom. The van der Waals surface area contributed by atoms with E-state index in [1.54, 1.807) is 0 Å². The molecule has 1 amide bonds. The normalized spacial score (nSPS) is 10.5. The minimum Gasteiger partial charge on any atom is -0.386 e. The minimum atomic E-state index is -0.575. The second-order valence-electron chi connectivity index (χ2n) is 3.73. The van der Waals surface area contributed by atoms with Crippen LogP contribution in [0.3, 0.4) is 0 Å². The van der Waals surface area contributed by atoms with Crippen LogP contribution in [0.5, 0.6) is 0 Å². The van der Waals surface area contributed by atoms with E-state index in [2.05, 4.69) is 15.5 Å². The number of carbonyl (C=O) groups excluding carboxylic acids is 1. The van der Waals surface area contributed by atoms with Gasteiger partial charge in [0, 0.05) is 0 Å². The number of nitrogens with zero attached hydrogens (tertiary/aromatic N) is 3. The fourth-order valence-corrected chi connectivity index (χ4v) is 1.94. The van der Waals surface area contributed by atoms with E-state index in [-0.39, 0.29) is 16.7 Å². The Morgan fingerprint density at radius 1 is 1.48 bits per heavy atom. The van der Waals surface area contributed by atoms with Crippen LogP contribution in [0, 0.1) is 10.1 Å². The number of benzene rings is 1. The van der Waals surface area contributed by atoms with Crippen molar-refractivity contribution in [2.45, 2.75) is 0 Å². The van der Waals surface area contributed by atoms with Gasteiger partial charge in [0.15, 0.2) is 11.7 Å². The van der Waals surface area contributed by atoms with Gasteiger partial charge in [-0.3, -0.25) is 20.2 Å². The summed E-state index contributed by atoms with van der Waals surface area (Å²) < 4.78 is 0. The summed E-state index contributed by atoms with van der Waals surface area (Å²) in [5.41, 5.74) is 0.841. The van der Waals surface area contributed by atoms with Gasteiger partial charge < -0.3 is 4.84 Å². The predicted molar refractivity (Wildman–Crippen MR) is 77.4 cm³/mol. The lowest BCUT2D eigenvalue weighted by molar-refractivity contribution is -0.380. The summed E-state index contributed by atoms with van der Waals surface area (Å²) in [6, 6.07) is 9.25. The van der Waals surface area contributed by atoms with Crippen molar-refractivity contribution in [3.63, 3.8) is 0 Å². The van der Waals surface area contributed by atoms with Crippen molar-refractivity contribution >= 4 is 33.6 Å². The number of nitro groups is 1. The SMILES string of the molecule is O=C(CO/N=C/c1ccccc1)Nc1ncc([N+](=O)[O-])s1. The van der Waals surface area contributed by atoms with Crippen molar-refractivity contribution in [3.8, 4) is 0 Å². The largest absolute Gasteiger partial charge is 0.386 e. The summed E-state index contributed by atoms with van der Waals surface area (Å²) in [5.74, 6) is -0.496. The maximum Gasteiger partial charge on any atom is 0.345 e. The monoisotopic (exact) mass is 306 g/mol. The molecule has 1 aromatic heterocycles. The summed E-state index contributed by atoms with van der Waals surface area (Å²) >= 11 is 0.769. The van der Waals surface area contributed by atoms with E-state index in [1.807, 2.05) is 30.3 Å². The molecule has 1 heterocycles. The number of rotatable bonds is 6. The van der Waals surface area contributed by atoms with Gasteiger partial charge in [0.05, 0.1) is 11.1 Å². The first-order valence-corrected chi connectivity index (χ1v) is 6.57. The first-order valence-electron chi connectivity index (χ1n) is 5.75. The summed E-state index contributed by atoms with van der Waals surface area (Å²) in [5, 5.41) is 16.5. The van der Waals surface area contributed by atoms with Gasteiger partial charge >= 0.3 is 5.00 Å². The van der Waals surface area contributed by atoms with Crippen LogP contribution < -0.4 is 5.32 Å². The third kappa shape index (κ3) is 4.66. The third-order valence-electron chi connectivity index (χ3n) is 2.19. The number of carbonyl (C=O) groups is 1. The van der Waals surface area contributed by atoms with E-state index >= 15 is 0 Å². The van der Waals surface area contributed by atoms with Crippen molar-refractivity contribution in [1.29, 1.82) is 0 Å². The predicted octanol–water partition coefficient (Wildman–Crippen LogP) is 2.04. The maximum absolute atomic E-state index is 11.5. The van der Waals surface area contributed by atoms with Gasteiger partial charge in [-0.25, -0.2) is 4.98 Å². The third-order valence-corrected chi connectivity index (χ3v) is 3.06. The number of hydrogen-bond donors (Lipinski definition) is 1. The lowest BCUT2D eigenvalue weighted by atomic mass is 10.2. The topological polar surface area (TPSA) is 107 Å². The number of nitrogens with one attached hydrogen (secondary N) is 1. The van der Waals surface area contributed by atoms with E-state index in [1.165, 1.54) is 6.21 Å². The molecule has 0 unspecified atom stereocenters. The first kappa shape index (κ1) is 14.6. The molecule has 9 heteroatoms. The lowest BCUT2D eigenvalue weighted by Gasteiger charge is -1.99. The van der Waals surface area contributed by atoms with Gasteiger partial charge in [-0.2, -0.15) is 0 Å². The highest BCUT2D eigenvalue weighted by Crippen LogP contribution is 2.24. The summed E-state index contributed by atoms with van der Waals surface area (Å²) in [6.45, 7) is -0.309. The molecule has 2 aromatic rings. The molecular formula is C12H10N4O4S.